The fourth-order valence-electron chi connectivity index (χ4n) is 0.855. The molecular formula is C10H11NO. The van der Waals surface area contributed by atoms with Crippen LogP contribution < -0.4 is 0 Å². The van der Waals surface area contributed by atoms with Crippen molar-refractivity contribution < 1.29 is 4.79 Å². The predicted octanol–water partition coefficient (Wildman–Crippen LogP) is 2.32. The lowest BCUT2D eigenvalue weighted by atomic mass is 10.1. The Morgan fingerprint density at radius 2 is 2.08 bits per heavy atom. The fraction of sp³-hybridized carbons (Fsp3) is 0.200. The van der Waals surface area contributed by atoms with E-state index in [2.05, 4.69) is 11.6 Å². The Labute approximate surface area is 71.9 Å². The Hall–Kier alpha value is -1.44. The van der Waals surface area contributed by atoms with E-state index in [9.17, 15) is 4.79 Å². The Morgan fingerprint density at radius 1 is 1.42 bits per heavy atom. The first-order valence-corrected chi connectivity index (χ1v) is 3.74. The zero-order valence-electron chi connectivity index (χ0n) is 7.29. The second-order valence-electron chi connectivity index (χ2n) is 2.77. The highest BCUT2D eigenvalue weighted by atomic mass is 16.1. The Morgan fingerprint density at radius 3 is 2.42 bits per heavy atom. The number of rotatable bonds is 2. The van der Waals surface area contributed by atoms with Gasteiger partial charge in [-0.05, 0) is 31.6 Å². The normalized spacial score (nSPS) is 9.50. The molecule has 62 valence electrons. The summed E-state index contributed by atoms with van der Waals surface area (Å²) in [5.41, 5.74) is 2.38. The third kappa shape index (κ3) is 1.78. The Balaban J connectivity index is 3.01. The molecule has 12 heavy (non-hydrogen) atoms. The summed E-state index contributed by atoms with van der Waals surface area (Å²) < 4.78 is 0. The minimum Gasteiger partial charge on any atom is -0.294 e. The summed E-state index contributed by atoms with van der Waals surface area (Å²) in [4.78, 5) is 14.9. The maximum atomic E-state index is 10.9. The molecule has 0 N–H and O–H groups in total. The third-order valence-electron chi connectivity index (χ3n) is 1.61. The van der Waals surface area contributed by atoms with Gasteiger partial charge in [0, 0.05) is 11.8 Å². The molecule has 0 aliphatic rings. The van der Waals surface area contributed by atoms with E-state index in [0.717, 1.165) is 11.3 Å². The van der Waals surface area contributed by atoms with Gasteiger partial charge in [-0.25, -0.2) is 0 Å². The highest BCUT2D eigenvalue weighted by Crippen LogP contribution is 2.08. The number of hydrogen-bond acceptors (Lipinski definition) is 2. The Kier molecular flexibility index (Phi) is 2.38. The predicted molar refractivity (Wildman–Crippen MR) is 48.9 cm³/mol. The SMILES string of the molecule is C=C(C)c1ccc(C(C)=O)cn1. The van der Waals surface area contributed by atoms with Crippen molar-refractivity contribution in [3.05, 3.63) is 36.2 Å². The van der Waals surface area contributed by atoms with E-state index < -0.39 is 0 Å². The molecule has 2 nitrogen and oxygen atoms in total. The molecular weight excluding hydrogens is 150 g/mol. The lowest BCUT2D eigenvalue weighted by molar-refractivity contribution is 0.101. The van der Waals surface area contributed by atoms with Gasteiger partial charge in [0.2, 0.25) is 0 Å². The first kappa shape index (κ1) is 8.65. The number of nitrogens with zero attached hydrogens (tertiary/aromatic N) is 1. The summed E-state index contributed by atoms with van der Waals surface area (Å²) in [6.07, 6.45) is 1.58. The van der Waals surface area contributed by atoms with E-state index >= 15 is 0 Å². The van der Waals surface area contributed by atoms with Crippen molar-refractivity contribution in [2.75, 3.05) is 0 Å². The number of Topliss-reactive ketones (excluding diaryl/α,β-unsaturated/α-hetero) is 1. The average Bonchev–Trinajstić information content (AvgIpc) is 2.04. The average molecular weight is 161 g/mol. The largest absolute Gasteiger partial charge is 0.294 e. The number of aromatic nitrogens is 1. The first-order chi connectivity index (χ1) is 5.61. The number of hydrogen-bond donors (Lipinski definition) is 0. The van der Waals surface area contributed by atoms with E-state index in [0.29, 0.717) is 5.56 Å². The number of carbonyl (C=O) groups excluding carboxylic acids is 1. The van der Waals surface area contributed by atoms with Crippen LogP contribution in [0.4, 0.5) is 0 Å². The van der Waals surface area contributed by atoms with E-state index in [4.69, 9.17) is 0 Å². The van der Waals surface area contributed by atoms with Crippen LogP contribution in [0.15, 0.2) is 24.9 Å². The maximum Gasteiger partial charge on any atom is 0.161 e. The minimum absolute atomic E-state index is 0.0377. The molecule has 1 aromatic heterocycles. The van der Waals surface area contributed by atoms with Crippen LogP contribution in [0.3, 0.4) is 0 Å². The third-order valence-corrected chi connectivity index (χ3v) is 1.61. The molecule has 0 aromatic carbocycles. The van der Waals surface area contributed by atoms with Gasteiger partial charge >= 0.3 is 0 Å². The van der Waals surface area contributed by atoms with Crippen LogP contribution in [0.1, 0.15) is 29.9 Å². The lowest BCUT2D eigenvalue weighted by Crippen LogP contribution is -1.94. The van der Waals surface area contributed by atoms with Gasteiger partial charge in [0.15, 0.2) is 5.78 Å². The van der Waals surface area contributed by atoms with E-state index in [1.165, 1.54) is 6.92 Å². The molecule has 0 bridgehead atoms. The number of carbonyl (C=O) groups is 1. The van der Waals surface area contributed by atoms with Gasteiger partial charge < -0.3 is 0 Å². The molecule has 0 saturated heterocycles. The van der Waals surface area contributed by atoms with Crippen LogP contribution in [-0.2, 0) is 0 Å². The molecule has 1 heterocycles. The maximum absolute atomic E-state index is 10.9. The monoisotopic (exact) mass is 161 g/mol. The van der Waals surface area contributed by atoms with Gasteiger partial charge in [-0.1, -0.05) is 6.58 Å². The lowest BCUT2D eigenvalue weighted by Gasteiger charge is -1.98. The van der Waals surface area contributed by atoms with Crippen molar-refractivity contribution in [1.29, 1.82) is 0 Å². The minimum atomic E-state index is 0.0377. The van der Waals surface area contributed by atoms with Crippen LogP contribution in [0.25, 0.3) is 5.57 Å². The zero-order valence-corrected chi connectivity index (χ0v) is 7.29. The summed E-state index contributed by atoms with van der Waals surface area (Å²) in [5.74, 6) is 0.0377. The standard InChI is InChI=1S/C10H11NO/c1-7(2)10-5-4-9(6-11-10)8(3)12/h4-6H,1H2,2-3H3. The first-order valence-electron chi connectivity index (χ1n) is 3.74. The van der Waals surface area contributed by atoms with Crippen LogP contribution in [0, 0.1) is 0 Å². The number of ketones is 1. The molecule has 0 radical (unpaired) electrons. The van der Waals surface area contributed by atoms with Gasteiger partial charge in [-0.15, -0.1) is 0 Å². The quantitative estimate of drug-likeness (QED) is 0.623. The second-order valence-corrected chi connectivity index (χ2v) is 2.77. The van der Waals surface area contributed by atoms with Crippen LogP contribution in [-0.4, -0.2) is 10.8 Å². The van der Waals surface area contributed by atoms with Crippen LogP contribution in [0.5, 0.6) is 0 Å². The molecule has 0 unspecified atom stereocenters. The molecule has 0 amide bonds. The molecule has 0 atom stereocenters. The summed E-state index contributed by atoms with van der Waals surface area (Å²) in [5, 5.41) is 0. The van der Waals surface area contributed by atoms with Crippen molar-refractivity contribution in [2.24, 2.45) is 0 Å². The van der Waals surface area contributed by atoms with Crippen molar-refractivity contribution in [3.8, 4) is 0 Å². The van der Waals surface area contributed by atoms with Gasteiger partial charge in [0.05, 0.1) is 5.69 Å². The number of allylic oxidation sites excluding steroid dienone is 1. The molecule has 1 rings (SSSR count). The summed E-state index contributed by atoms with van der Waals surface area (Å²) in [7, 11) is 0. The number of pyridine rings is 1. The highest BCUT2D eigenvalue weighted by Gasteiger charge is 1.99. The molecule has 0 aliphatic carbocycles. The topological polar surface area (TPSA) is 30.0 Å². The Bertz CT molecular complexity index is 278. The molecule has 0 fully saturated rings. The summed E-state index contributed by atoms with van der Waals surface area (Å²) >= 11 is 0. The van der Waals surface area contributed by atoms with Gasteiger partial charge in [-0.2, -0.15) is 0 Å². The van der Waals surface area contributed by atoms with E-state index in [1.807, 2.05) is 6.92 Å². The van der Waals surface area contributed by atoms with Crippen molar-refractivity contribution in [3.63, 3.8) is 0 Å². The molecule has 2 heteroatoms. The smallest absolute Gasteiger partial charge is 0.161 e. The van der Waals surface area contributed by atoms with Crippen molar-refractivity contribution >= 4 is 11.4 Å². The fourth-order valence-corrected chi connectivity index (χ4v) is 0.855. The van der Waals surface area contributed by atoms with Crippen molar-refractivity contribution in [1.82, 2.24) is 4.98 Å². The summed E-state index contributed by atoms with van der Waals surface area (Å²) in [6, 6.07) is 3.57. The molecule has 0 aliphatic heterocycles. The van der Waals surface area contributed by atoms with Crippen molar-refractivity contribution in [2.45, 2.75) is 13.8 Å². The molecule has 0 saturated carbocycles. The van der Waals surface area contributed by atoms with Gasteiger partial charge in [-0.3, -0.25) is 9.78 Å². The second kappa shape index (κ2) is 3.30. The van der Waals surface area contributed by atoms with Crippen LogP contribution in [0.2, 0.25) is 0 Å². The molecule has 1 aromatic rings. The van der Waals surface area contributed by atoms with Gasteiger partial charge in [0.25, 0.3) is 0 Å². The zero-order chi connectivity index (χ0) is 9.14. The van der Waals surface area contributed by atoms with Gasteiger partial charge in [0.1, 0.15) is 0 Å². The highest BCUT2D eigenvalue weighted by molar-refractivity contribution is 5.93. The van der Waals surface area contributed by atoms with E-state index in [1.54, 1.807) is 18.3 Å². The van der Waals surface area contributed by atoms with Crippen LogP contribution >= 0.6 is 0 Å². The summed E-state index contributed by atoms with van der Waals surface area (Å²) in [6.45, 7) is 7.16. The molecule has 0 spiro atoms. The van der Waals surface area contributed by atoms with E-state index in [-0.39, 0.29) is 5.78 Å².